The highest BCUT2D eigenvalue weighted by molar-refractivity contribution is 9.10. The molecule has 0 radical (unpaired) electrons. The molecule has 2 aromatic carbocycles. The zero-order valence-corrected chi connectivity index (χ0v) is 21.2. The van der Waals surface area contributed by atoms with Crippen molar-refractivity contribution < 1.29 is 17.9 Å². The number of rotatable bonds is 5. The first kappa shape index (κ1) is 24.4. The van der Waals surface area contributed by atoms with Gasteiger partial charge in [-0.1, -0.05) is 15.9 Å². The summed E-state index contributed by atoms with van der Waals surface area (Å²) in [6.45, 7) is 4.05. The van der Waals surface area contributed by atoms with E-state index in [4.69, 9.17) is 17.0 Å². The Morgan fingerprint density at radius 1 is 1.12 bits per heavy atom. The van der Waals surface area contributed by atoms with E-state index in [2.05, 4.69) is 31.5 Å². The molecular formula is C21H25BrN4O4S2. The first-order valence-electron chi connectivity index (χ1n) is 9.85. The maximum Gasteiger partial charge on any atom is 0.261 e. The molecule has 0 saturated carbocycles. The number of aryl methyl sites for hydroxylation is 1. The van der Waals surface area contributed by atoms with Crippen LogP contribution in [0, 0.1) is 6.92 Å². The van der Waals surface area contributed by atoms with Crippen LogP contribution in [0.1, 0.15) is 15.9 Å². The van der Waals surface area contributed by atoms with Gasteiger partial charge in [-0.15, -0.1) is 0 Å². The van der Waals surface area contributed by atoms with Gasteiger partial charge < -0.3 is 15.0 Å². The summed E-state index contributed by atoms with van der Waals surface area (Å²) in [7, 11) is -1.63. The van der Waals surface area contributed by atoms with E-state index < -0.39 is 10.0 Å². The fourth-order valence-electron chi connectivity index (χ4n) is 3.54. The minimum atomic E-state index is -3.15. The highest BCUT2D eigenvalue weighted by atomic mass is 79.9. The molecule has 0 unspecified atom stereocenters. The Morgan fingerprint density at radius 3 is 2.31 bits per heavy atom. The Kier molecular flexibility index (Phi) is 7.75. The summed E-state index contributed by atoms with van der Waals surface area (Å²) in [5, 5.41) is 5.86. The molecule has 3 rings (SSSR count). The highest BCUT2D eigenvalue weighted by Gasteiger charge is 2.23. The molecule has 1 amide bonds. The van der Waals surface area contributed by atoms with Crippen LogP contribution in [-0.2, 0) is 10.0 Å². The summed E-state index contributed by atoms with van der Waals surface area (Å²) < 4.78 is 30.9. The number of thiocarbonyl (C=S) groups is 1. The number of piperazine rings is 1. The van der Waals surface area contributed by atoms with Gasteiger partial charge in [0.2, 0.25) is 10.0 Å². The topological polar surface area (TPSA) is 91.0 Å². The van der Waals surface area contributed by atoms with Gasteiger partial charge in [0.1, 0.15) is 5.75 Å². The maximum absolute atomic E-state index is 12.7. The molecular weight excluding hydrogens is 516 g/mol. The van der Waals surface area contributed by atoms with Gasteiger partial charge in [0.05, 0.1) is 18.9 Å². The van der Waals surface area contributed by atoms with Crippen LogP contribution >= 0.6 is 28.1 Å². The lowest BCUT2D eigenvalue weighted by Gasteiger charge is -2.34. The Bertz CT molecular complexity index is 1120. The summed E-state index contributed by atoms with van der Waals surface area (Å²) in [5.41, 5.74) is 2.94. The predicted octanol–water partition coefficient (Wildman–Crippen LogP) is 2.97. The number of methoxy groups -OCH3 is 1. The summed E-state index contributed by atoms with van der Waals surface area (Å²) in [6, 6.07) is 11.1. The van der Waals surface area contributed by atoms with Crippen LogP contribution in [0.25, 0.3) is 0 Å². The molecule has 11 heteroatoms. The first-order chi connectivity index (χ1) is 15.1. The smallest absolute Gasteiger partial charge is 0.261 e. The molecule has 0 bridgehead atoms. The second-order valence-corrected chi connectivity index (χ2v) is 10.7. The number of benzene rings is 2. The van der Waals surface area contributed by atoms with Gasteiger partial charge in [-0.2, -0.15) is 4.31 Å². The molecule has 0 aliphatic carbocycles. The average molecular weight is 541 g/mol. The number of ether oxygens (including phenoxy) is 1. The molecule has 0 atom stereocenters. The number of amides is 1. The summed E-state index contributed by atoms with van der Waals surface area (Å²) >= 11 is 8.69. The molecule has 2 aromatic rings. The summed E-state index contributed by atoms with van der Waals surface area (Å²) in [5.74, 6) is 0.123. The third-order valence-electron chi connectivity index (χ3n) is 5.11. The minimum absolute atomic E-state index is 0.171. The second kappa shape index (κ2) is 10.2. The Hall–Kier alpha value is -2.21. The highest BCUT2D eigenvalue weighted by Crippen LogP contribution is 2.28. The lowest BCUT2D eigenvalue weighted by Crippen LogP contribution is -2.48. The molecule has 1 aliphatic rings. The Balaban J connectivity index is 1.59. The van der Waals surface area contributed by atoms with E-state index in [1.807, 2.05) is 37.3 Å². The standard InChI is InChI=1S/C21H25BrN4O4S2/c1-14-12-15(22)13-18(19(14)30-2)20(27)24-21(31)23-16-4-6-17(7-5-16)25-8-10-26(11-9-25)32(3,28)29/h4-7,12-13H,8-11H2,1-3H3,(H2,23,24,27,31). The predicted molar refractivity (Wildman–Crippen MR) is 134 cm³/mol. The fourth-order valence-corrected chi connectivity index (χ4v) is 5.15. The van der Waals surface area contributed by atoms with Crippen molar-refractivity contribution in [3.05, 3.63) is 52.0 Å². The van der Waals surface area contributed by atoms with E-state index in [-0.39, 0.29) is 11.0 Å². The summed E-state index contributed by atoms with van der Waals surface area (Å²) in [4.78, 5) is 14.8. The third-order valence-corrected chi connectivity index (χ3v) is 7.08. The van der Waals surface area contributed by atoms with Crippen LogP contribution in [0.4, 0.5) is 11.4 Å². The van der Waals surface area contributed by atoms with Crippen molar-refractivity contribution >= 4 is 60.6 Å². The van der Waals surface area contributed by atoms with Crippen LogP contribution < -0.4 is 20.3 Å². The molecule has 1 saturated heterocycles. The minimum Gasteiger partial charge on any atom is -0.496 e. The van der Waals surface area contributed by atoms with Crippen molar-refractivity contribution in [3.8, 4) is 5.75 Å². The van der Waals surface area contributed by atoms with Crippen molar-refractivity contribution in [3.63, 3.8) is 0 Å². The van der Waals surface area contributed by atoms with Crippen LogP contribution in [-0.4, -0.2) is 63.3 Å². The molecule has 8 nitrogen and oxygen atoms in total. The van der Waals surface area contributed by atoms with Crippen LogP contribution in [0.2, 0.25) is 0 Å². The maximum atomic E-state index is 12.7. The number of hydrogen-bond acceptors (Lipinski definition) is 6. The molecule has 1 heterocycles. The quantitative estimate of drug-likeness (QED) is 0.563. The monoisotopic (exact) mass is 540 g/mol. The molecule has 0 spiro atoms. The Labute approximate surface area is 202 Å². The second-order valence-electron chi connectivity index (χ2n) is 7.41. The summed E-state index contributed by atoms with van der Waals surface area (Å²) in [6.07, 6.45) is 1.23. The van der Waals surface area contributed by atoms with Crippen molar-refractivity contribution in [1.29, 1.82) is 0 Å². The lowest BCUT2D eigenvalue weighted by atomic mass is 10.1. The van der Waals surface area contributed by atoms with Crippen LogP contribution in [0.3, 0.4) is 0 Å². The van der Waals surface area contributed by atoms with E-state index in [1.165, 1.54) is 17.7 Å². The molecule has 1 aliphatic heterocycles. The van der Waals surface area contributed by atoms with E-state index in [1.54, 1.807) is 6.07 Å². The van der Waals surface area contributed by atoms with Gasteiger partial charge in [-0.25, -0.2) is 8.42 Å². The van der Waals surface area contributed by atoms with Crippen molar-refractivity contribution in [2.24, 2.45) is 0 Å². The van der Waals surface area contributed by atoms with E-state index in [9.17, 15) is 13.2 Å². The van der Waals surface area contributed by atoms with Gasteiger partial charge in [-0.05, 0) is 61.1 Å². The van der Waals surface area contributed by atoms with E-state index in [0.29, 0.717) is 37.5 Å². The number of carbonyl (C=O) groups excluding carboxylic acids is 1. The lowest BCUT2D eigenvalue weighted by molar-refractivity contribution is 0.0974. The SMILES string of the molecule is COc1c(C)cc(Br)cc1C(=O)NC(=S)Nc1ccc(N2CCN(S(C)(=O)=O)CC2)cc1. The van der Waals surface area contributed by atoms with Gasteiger partial charge in [0, 0.05) is 42.0 Å². The van der Waals surface area contributed by atoms with Gasteiger partial charge in [0.15, 0.2) is 5.11 Å². The van der Waals surface area contributed by atoms with Crippen LogP contribution in [0.5, 0.6) is 5.75 Å². The largest absolute Gasteiger partial charge is 0.496 e. The average Bonchev–Trinajstić information content (AvgIpc) is 2.73. The van der Waals surface area contributed by atoms with Gasteiger partial charge in [-0.3, -0.25) is 10.1 Å². The van der Waals surface area contributed by atoms with E-state index >= 15 is 0 Å². The molecule has 32 heavy (non-hydrogen) atoms. The van der Waals surface area contributed by atoms with Crippen molar-refractivity contribution in [2.75, 3.05) is 49.8 Å². The molecule has 0 aromatic heterocycles. The van der Waals surface area contributed by atoms with Gasteiger partial charge in [0.25, 0.3) is 5.91 Å². The molecule has 172 valence electrons. The Morgan fingerprint density at radius 2 is 1.75 bits per heavy atom. The van der Waals surface area contributed by atoms with Crippen molar-refractivity contribution in [2.45, 2.75) is 6.92 Å². The number of nitrogens with zero attached hydrogens (tertiary/aromatic N) is 2. The zero-order valence-electron chi connectivity index (χ0n) is 18.0. The number of anilines is 2. The third kappa shape index (κ3) is 5.97. The number of nitrogens with one attached hydrogen (secondary N) is 2. The normalized spacial score (nSPS) is 14.7. The fraction of sp³-hybridized carbons (Fsp3) is 0.333. The number of carbonyl (C=O) groups is 1. The van der Waals surface area contributed by atoms with Gasteiger partial charge >= 0.3 is 0 Å². The van der Waals surface area contributed by atoms with E-state index in [0.717, 1.165) is 21.4 Å². The van der Waals surface area contributed by atoms with Crippen molar-refractivity contribution in [1.82, 2.24) is 9.62 Å². The molecule has 1 fully saturated rings. The first-order valence-corrected chi connectivity index (χ1v) is 12.9. The van der Waals surface area contributed by atoms with Crippen LogP contribution in [0.15, 0.2) is 40.9 Å². The number of sulfonamides is 1. The number of hydrogen-bond donors (Lipinski definition) is 2. The zero-order chi connectivity index (χ0) is 23.5. The molecule has 2 N–H and O–H groups in total. The number of halogens is 1.